The molecule has 1 saturated heterocycles. The Morgan fingerprint density at radius 1 is 1.08 bits per heavy atom. The summed E-state index contributed by atoms with van der Waals surface area (Å²) in [4.78, 5) is 24.0. The minimum absolute atomic E-state index is 0.0428. The Labute approximate surface area is 206 Å². The quantitative estimate of drug-likeness (QED) is 0.366. The highest BCUT2D eigenvalue weighted by Crippen LogP contribution is 2.34. The molecule has 1 fully saturated rings. The van der Waals surface area contributed by atoms with Crippen LogP contribution in [0.1, 0.15) is 46.2 Å². The summed E-state index contributed by atoms with van der Waals surface area (Å²) in [7, 11) is 1.57. The monoisotopic (exact) mass is 494 g/mol. The molecule has 0 aliphatic carbocycles. The number of nitrogens with zero attached hydrogens (tertiary/aromatic N) is 4. The van der Waals surface area contributed by atoms with Gasteiger partial charge < -0.3 is 14.2 Å². The molecule has 1 amide bonds. The number of fused-ring (bicyclic) bond motifs is 1. The maximum Gasteiger partial charge on any atom is 0.416 e. The lowest BCUT2D eigenvalue weighted by Gasteiger charge is -2.32. The predicted molar refractivity (Wildman–Crippen MR) is 129 cm³/mol. The van der Waals surface area contributed by atoms with E-state index in [9.17, 15) is 18.0 Å². The number of rotatable bonds is 5. The molecule has 0 saturated carbocycles. The Morgan fingerprint density at radius 3 is 2.56 bits per heavy atom. The van der Waals surface area contributed by atoms with Gasteiger partial charge in [0.1, 0.15) is 17.3 Å². The molecule has 0 N–H and O–H groups in total. The van der Waals surface area contributed by atoms with Crippen molar-refractivity contribution in [2.75, 3.05) is 20.2 Å². The number of para-hydroxylation sites is 1. The number of aromatic nitrogens is 3. The molecule has 0 atom stereocenters. The van der Waals surface area contributed by atoms with Crippen LogP contribution in [0.25, 0.3) is 10.9 Å². The van der Waals surface area contributed by atoms with Crippen LogP contribution in [-0.4, -0.2) is 45.5 Å². The molecule has 0 unspecified atom stereocenters. The van der Waals surface area contributed by atoms with E-state index in [-0.39, 0.29) is 23.9 Å². The molecule has 2 aromatic carbocycles. The molecule has 0 radical (unpaired) electrons. The van der Waals surface area contributed by atoms with Crippen molar-refractivity contribution >= 4 is 16.8 Å². The molecule has 5 rings (SSSR count). The number of halogens is 3. The van der Waals surface area contributed by atoms with Crippen LogP contribution in [0.3, 0.4) is 0 Å². The van der Waals surface area contributed by atoms with Crippen LogP contribution >= 0.6 is 0 Å². The highest BCUT2D eigenvalue weighted by atomic mass is 19.4. The number of carbonyl (C=O) groups excluding carboxylic acids is 1. The van der Waals surface area contributed by atoms with Crippen molar-refractivity contribution in [3.8, 4) is 5.75 Å². The van der Waals surface area contributed by atoms with Crippen molar-refractivity contribution in [2.24, 2.45) is 0 Å². The number of alkyl halides is 3. The van der Waals surface area contributed by atoms with E-state index in [2.05, 4.69) is 9.97 Å². The molecule has 186 valence electrons. The van der Waals surface area contributed by atoms with Gasteiger partial charge in [-0.05, 0) is 36.6 Å². The summed E-state index contributed by atoms with van der Waals surface area (Å²) in [6, 6.07) is 14.8. The predicted octanol–water partition coefficient (Wildman–Crippen LogP) is 5.53. The first kappa shape index (κ1) is 23.8. The molecule has 0 bridgehead atoms. The number of carbonyl (C=O) groups is 1. The van der Waals surface area contributed by atoms with E-state index >= 15 is 0 Å². The number of hydrogen-bond donors (Lipinski definition) is 0. The topological polar surface area (TPSA) is 60.2 Å². The average Bonchev–Trinajstić information content (AvgIpc) is 3.35. The number of imidazole rings is 1. The second-order valence-electron chi connectivity index (χ2n) is 8.86. The summed E-state index contributed by atoms with van der Waals surface area (Å²) in [5.41, 5.74) is 0.585. The normalized spacial score (nSPS) is 14.8. The minimum Gasteiger partial charge on any atom is -0.496 e. The molecule has 1 aliphatic heterocycles. The third kappa shape index (κ3) is 4.65. The lowest BCUT2D eigenvalue weighted by Crippen LogP contribution is -2.38. The summed E-state index contributed by atoms with van der Waals surface area (Å²) in [5, 5.41) is 0.842. The molecule has 3 heterocycles. The Morgan fingerprint density at radius 2 is 1.81 bits per heavy atom. The highest BCUT2D eigenvalue weighted by molar-refractivity contribution is 5.97. The number of hydrogen-bond acceptors (Lipinski definition) is 4. The first-order chi connectivity index (χ1) is 17.3. The van der Waals surface area contributed by atoms with E-state index in [1.807, 2.05) is 24.3 Å². The maximum atomic E-state index is 13.4. The maximum absolute atomic E-state index is 13.4. The smallest absolute Gasteiger partial charge is 0.416 e. The van der Waals surface area contributed by atoms with Gasteiger partial charge in [-0.3, -0.25) is 4.79 Å². The van der Waals surface area contributed by atoms with E-state index in [0.29, 0.717) is 42.9 Å². The number of methoxy groups -OCH3 is 1. The van der Waals surface area contributed by atoms with Crippen LogP contribution in [0.5, 0.6) is 5.75 Å². The third-order valence-corrected chi connectivity index (χ3v) is 6.68. The van der Waals surface area contributed by atoms with Crippen LogP contribution in [0, 0.1) is 0 Å². The number of benzene rings is 2. The fraction of sp³-hybridized carbons (Fsp3) is 0.296. The van der Waals surface area contributed by atoms with Gasteiger partial charge in [-0.25, -0.2) is 9.97 Å². The van der Waals surface area contributed by atoms with Gasteiger partial charge in [0.2, 0.25) is 0 Å². The fourth-order valence-corrected chi connectivity index (χ4v) is 4.86. The molecule has 2 aromatic heterocycles. The second kappa shape index (κ2) is 9.64. The Bertz CT molecular complexity index is 1390. The molecular formula is C27H25F3N4O2. The molecular weight excluding hydrogens is 469 g/mol. The zero-order chi connectivity index (χ0) is 25.3. The molecule has 6 nitrogen and oxygen atoms in total. The summed E-state index contributed by atoms with van der Waals surface area (Å²) in [6.07, 6.45) is 0.241. The largest absolute Gasteiger partial charge is 0.496 e. The number of amides is 1. The standard InChI is InChI=1S/C27H25F3N4O2/c1-36-24-16-23(32-22-9-5-3-7-20(22)24)26(35)33-13-10-18(11-14-33)25-31-12-15-34(25)17-19-6-2-4-8-21(19)27(28,29)30/h2-9,12,15-16,18H,10-11,13-14,17H2,1H3. The van der Waals surface area contributed by atoms with Gasteiger partial charge >= 0.3 is 6.18 Å². The van der Waals surface area contributed by atoms with Crippen LogP contribution in [0.2, 0.25) is 0 Å². The molecule has 0 spiro atoms. The van der Waals surface area contributed by atoms with Crippen molar-refractivity contribution < 1.29 is 22.7 Å². The van der Waals surface area contributed by atoms with Gasteiger partial charge in [0.15, 0.2) is 0 Å². The molecule has 36 heavy (non-hydrogen) atoms. The van der Waals surface area contributed by atoms with Crippen LogP contribution < -0.4 is 4.74 Å². The first-order valence-electron chi connectivity index (χ1n) is 11.7. The van der Waals surface area contributed by atoms with E-state index in [1.54, 1.807) is 41.1 Å². The van der Waals surface area contributed by atoms with Crippen molar-refractivity contribution in [3.05, 3.63) is 89.6 Å². The second-order valence-corrected chi connectivity index (χ2v) is 8.86. The van der Waals surface area contributed by atoms with E-state index in [0.717, 1.165) is 17.3 Å². The lowest BCUT2D eigenvalue weighted by molar-refractivity contribution is -0.138. The average molecular weight is 495 g/mol. The van der Waals surface area contributed by atoms with Crippen molar-refractivity contribution in [1.29, 1.82) is 0 Å². The number of pyridine rings is 1. The number of ether oxygens (including phenoxy) is 1. The Hall–Kier alpha value is -3.88. The van der Waals surface area contributed by atoms with Crippen molar-refractivity contribution in [3.63, 3.8) is 0 Å². The molecule has 1 aliphatic rings. The SMILES string of the molecule is COc1cc(C(=O)N2CCC(c3nccn3Cc3ccccc3C(F)(F)F)CC2)nc2ccccc12. The summed E-state index contributed by atoms with van der Waals surface area (Å²) < 4.78 is 47.6. The highest BCUT2D eigenvalue weighted by Gasteiger charge is 2.33. The zero-order valence-electron chi connectivity index (χ0n) is 19.7. The van der Waals surface area contributed by atoms with Crippen molar-refractivity contribution in [2.45, 2.75) is 31.5 Å². The van der Waals surface area contributed by atoms with Gasteiger partial charge in [0.25, 0.3) is 5.91 Å². The van der Waals surface area contributed by atoms with E-state index < -0.39 is 11.7 Å². The van der Waals surface area contributed by atoms with Crippen LogP contribution in [-0.2, 0) is 12.7 Å². The fourth-order valence-electron chi connectivity index (χ4n) is 4.86. The summed E-state index contributed by atoms with van der Waals surface area (Å²) in [6.45, 7) is 1.10. The number of likely N-dealkylation sites (tertiary alicyclic amines) is 1. The van der Waals surface area contributed by atoms with Crippen LogP contribution in [0.15, 0.2) is 67.0 Å². The summed E-state index contributed by atoms with van der Waals surface area (Å²) >= 11 is 0. The van der Waals surface area contributed by atoms with E-state index in [4.69, 9.17) is 4.74 Å². The van der Waals surface area contributed by atoms with Gasteiger partial charge in [-0.2, -0.15) is 13.2 Å². The summed E-state index contributed by atoms with van der Waals surface area (Å²) in [5.74, 6) is 1.21. The van der Waals surface area contributed by atoms with Gasteiger partial charge in [-0.15, -0.1) is 0 Å². The van der Waals surface area contributed by atoms with Gasteiger partial charge in [0.05, 0.1) is 18.2 Å². The molecule has 9 heteroatoms. The van der Waals surface area contributed by atoms with Gasteiger partial charge in [0, 0.05) is 49.4 Å². The Balaban J connectivity index is 1.30. The first-order valence-corrected chi connectivity index (χ1v) is 11.7. The van der Waals surface area contributed by atoms with E-state index in [1.165, 1.54) is 12.1 Å². The van der Waals surface area contributed by atoms with Gasteiger partial charge in [-0.1, -0.05) is 30.3 Å². The Kier molecular flexibility index (Phi) is 6.38. The molecule has 4 aromatic rings. The van der Waals surface area contributed by atoms with Crippen LogP contribution in [0.4, 0.5) is 13.2 Å². The zero-order valence-corrected chi connectivity index (χ0v) is 19.7. The minimum atomic E-state index is -4.41. The number of piperidine rings is 1. The van der Waals surface area contributed by atoms with Crippen molar-refractivity contribution in [1.82, 2.24) is 19.4 Å². The lowest BCUT2D eigenvalue weighted by atomic mass is 9.95. The third-order valence-electron chi connectivity index (χ3n) is 6.68.